The third-order valence-corrected chi connectivity index (χ3v) is 3.36. The Morgan fingerprint density at radius 3 is 2.54 bits per heavy atom. The van der Waals surface area contributed by atoms with Crippen LogP contribution in [0.2, 0.25) is 0 Å². The van der Waals surface area contributed by atoms with Gasteiger partial charge in [-0.05, 0) is 30.2 Å². The molecule has 0 aliphatic rings. The van der Waals surface area contributed by atoms with Crippen molar-refractivity contribution in [2.75, 3.05) is 5.75 Å². The minimum Gasteiger partial charge on any atom is -0.126 e. The van der Waals surface area contributed by atoms with Gasteiger partial charge in [-0.25, -0.2) is 0 Å². The molecule has 1 aromatic carbocycles. The van der Waals surface area contributed by atoms with Crippen LogP contribution in [0.3, 0.4) is 0 Å². The van der Waals surface area contributed by atoms with E-state index in [2.05, 4.69) is 44.2 Å². The molecule has 0 aliphatic carbocycles. The van der Waals surface area contributed by atoms with Gasteiger partial charge in [-0.15, -0.1) is 11.8 Å². The fourth-order valence-corrected chi connectivity index (χ4v) is 2.20. The predicted octanol–water partition coefficient (Wildman–Crippen LogP) is 4.21. The lowest BCUT2D eigenvalue weighted by molar-refractivity contribution is 0.549. The van der Waals surface area contributed by atoms with Crippen molar-refractivity contribution in [3.05, 3.63) is 30.3 Å². The summed E-state index contributed by atoms with van der Waals surface area (Å²) in [6, 6.07) is 10.6. The smallest absolute Gasteiger partial charge is 0.00719 e. The maximum atomic E-state index is 2.32. The van der Waals surface area contributed by atoms with Crippen LogP contribution in [0.15, 0.2) is 35.2 Å². The van der Waals surface area contributed by atoms with Gasteiger partial charge in [0.1, 0.15) is 0 Å². The highest BCUT2D eigenvalue weighted by atomic mass is 32.2. The lowest BCUT2D eigenvalue weighted by Crippen LogP contribution is -1.93. The average molecular weight is 194 g/mol. The van der Waals surface area contributed by atoms with Crippen LogP contribution in [-0.2, 0) is 0 Å². The van der Waals surface area contributed by atoms with Crippen molar-refractivity contribution in [1.29, 1.82) is 0 Å². The van der Waals surface area contributed by atoms with Crippen molar-refractivity contribution in [2.45, 2.75) is 31.6 Å². The number of rotatable bonds is 5. The fraction of sp³-hybridized carbons (Fsp3) is 0.500. The van der Waals surface area contributed by atoms with E-state index >= 15 is 0 Å². The van der Waals surface area contributed by atoms with Gasteiger partial charge in [0.2, 0.25) is 0 Å². The summed E-state index contributed by atoms with van der Waals surface area (Å²) in [7, 11) is 0. The number of hydrogen-bond donors (Lipinski definition) is 0. The summed E-state index contributed by atoms with van der Waals surface area (Å²) >= 11 is 1.96. The quantitative estimate of drug-likeness (QED) is 0.633. The summed E-state index contributed by atoms with van der Waals surface area (Å²) < 4.78 is 0. The molecule has 1 heteroatoms. The molecule has 0 fully saturated rings. The van der Waals surface area contributed by atoms with Crippen LogP contribution in [0, 0.1) is 5.92 Å². The summed E-state index contributed by atoms with van der Waals surface area (Å²) in [5.41, 5.74) is 0. The van der Waals surface area contributed by atoms with Crippen molar-refractivity contribution in [1.82, 2.24) is 0 Å². The van der Waals surface area contributed by atoms with Crippen molar-refractivity contribution < 1.29 is 0 Å². The van der Waals surface area contributed by atoms with Crippen LogP contribution in [0.1, 0.15) is 26.7 Å². The highest BCUT2D eigenvalue weighted by Crippen LogP contribution is 2.20. The fourth-order valence-electron chi connectivity index (χ4n) is 1.10. The Bertz CT molecular complexity index is 218. The molecule has 0 saturated heterocycles. The summed E-state index contributed by atoms with van der Waals surface area (Å²) in [4.78, 5) is 1.39. The lowest BCUT2D eigenvalue weighted by atomic mass is 10.1. The van der Waals surface area contributed by atoms with Gasteiger partial charge < -0.3 is 0 Å². The van der Waals surface area contributed by atoms with E-state index in [0.717, 1.165) is 5.92 Å². The van der Waals surface area contributed by atoms with Crippen LogP contribution in [0.25, 0.3) is 0 Å². The van der Waals surface area contributed by atoms with Crippen molar-refractivity contribution >= 4 is 11.8 Å². The minimum atomic E-state index is 0.871. The lowest BCUT2D eigenvalue weighted by Gasteiger charge is -2.06. The second-order valence-electron chi connectivity index (χ2n) is 3.46. The molecule has 72 valence electrons. The van der Waals surface area contributed by atoms with E-state index in [1.165, 1.54) is 23.5 Å². The Morgan fingerprint density at radius 1 is 1.23 bits per heavy atom. The predicted molar refractivity (Wildman–Crippen MR) is 61.2 cm³/mol. The van der Waals surface area contributed by atoms with Crippen molar-refractivity contribution in [3.63, 3.8) is 0 Å². The zero-order chi connectivity index (χ0) is 9.52. The number of benzene rings is 1. The molecule has 1 aromatic rings. The van der Waals surface area contributed by atoms with E-state index in [-0.39, 0.29) is 0 Å². The summed E-state index contributed by atoms with van der Waals surface area (Å²) in [5, 5.41) is 0. The topological polar surface area (TPSA) is 0 Å². The second-order valence-corrected chi connectivity index (χ2v) is 4.63. The Balaban J connectivity index is 2.20. The first-order valence-electron chi connectivity index (χ1n) is 5.00. The first-order valence-corrected chi connectivity index (χ1v) is 5.99. The molecule has 0 aliphatic heterocycles. The van der Waals surface area contributed by atoms with Crippen LogP contribution in [-0.4, -0.2) is 5.75 Å². The molecule has 0 N–H and O–H groups in total. The van der Waals surface area contributed by atoms with Gasteiger partial charge in [-0.2, -0.15) is 0 Å². The van der Waals surface area contributed by atoms with E-state index in [4.69, 9.17) is 0 Å². The molecule has 0 aromatic heterocycles. The third-order valence-electron chi connectivity index (χ3n) is 2.32. The van der Waals surface area contributed by atoms with Gasteiger partial charge in [0.25, 0.3) is 0 Å². The van der Waals surface area contributed by atoms with Gasteiger partial charge in [-0.3, -0.25) is 0 Å². The monoisotopic (exact) mass is 194 g/mol. The standard InChI is InChI=1S/C12H18S/c1-3-11(2)9-10-13-12-7-5-4-6-8-12/h4-8,11H,3,9-10H2,1-2H3. The molecule has 0 amide bonds. The van der Waals surface area contributed by atoms with Crippen LogP contribution in [0.5, 0.6) is 0 Å². The van der Waals surface area contributed by atoms with E-state index < -0.39 is 0 Å². The van der Waals surface area contributed by atoms with E-state index in [1.54, 1.807) is 0 Å². The Hall–Kier alpha value is -0.430. The zero-order valence-corrected chi connectivity index (χ0v) is 9.31. The summed E-state index contributed by atoms with van der Waals surface area (Å²) in [6.45, 7) is 4.59. The molecule has 1 atom stereocenters. The molecular formula is C12H18S. The maximum Gasteiger partial charge on any atom is 0.00719 e. The highest BCUT2D eigenvalue weighted by molar-refractivity contribution is 7.99. The molecule has 0 saturated carbocycles. The molecule has 0 spiro atoms. The largest absolute Gasteiger partial charge is 0.126 e. The maximum absolute atomic E-state index is 2.32. The van der Waals surface area contributed by atoms with Crippen molar-refractivity contribution in [2.24, 2.45) is 5.92 Å². The van der Waals surface area contributed by atoms with E-state index in [1.807, 2.05) is 11.8 Å². The average Bonchev–Trinajstić information content (AvgIpc) is 2.19. The Kier molecular flexibility index (Phi) is 4.99. The first kappa shape index (κ1) is 10.6. The summed E-state index contributed by atoms with van der Waals surface area (Å²) in [5.74, 6) is 2.12. The number of thioether (sulfide) groups is 1. The molecule has 13 heavy (non-hydrogen) atoms. The van der Waals surface area contributed by atoms with Gasteiger partial charge in [0, 0.05) is 4.90 Å². The molecular weight excluding hydrogens is 176 g/mol. The van der Waals surface area contributed by atoms with Gasteiger partial charge in [0.05, 0.1) is 0 Å². The SMILES string of the molecule is CCC(C)CCSc1ccccc1. The molecule has 1 unspecified atom stereocenters. The Morgan fingerprint density at radius 2 is 1.92 bits per heavy atom. The van der Waals surface area contributed by atoms with Gasteiger partial charge in [0.15, 0.2) is 0 Å². The molecule has 0 radical (unpaired) electrons. The van der Waals surface area contributed by atoms with Crippen LogP contribution >= 0.6 is 11.8 Å². The zero-order valence-electron chi connectivity index (χ0n) is 8.49. The van der Waals surface area contributed by atoms with Crippen LogP contribution < -0.4 is 0 Å². The highest BCUT2D eigenvalue weighted by Gasteiger charge is 1.98. The normalized spacial score (nSPS) is 12.8. The summed E-state index contributed by atoms with van der Waals surface area (Å²) in [6.07, 6.45) is 2.63. The second kappa shape index (κ2) is 6.09. The van der Waals surface area contributed by atoms with Crippen LogP contribution in [0.4, 0.5) is 0 Å². The third kappa shape index (κ3) is 4.37. The minimum absolute atomic E-state index is 0.871. The molecule has 0 bridgehead atoms. The van der Waals surface area contributed by atoms with Gasteiger partial charge >= 0.3 is 0 Å². The van der Waals surface area contributed by atoms with Gasteiger partial charge in [-0.1, -0.05) is 38.5 Å². The number of hydrogen-bond acceptors (Lipinski definition) is 1. The molecule has 0 nitrogen and oxygen atoms in total. The van der Waals surface area contributed by atoms with Crippen molar-refractivity contribution in [3.8, 4) is 0 Å². The molecule has 0 heterocycles. The van der Waals surface area contributed by atoms with E-state index in [9.17, 15) is 0 Å². The first-order chi connectivity index (χ1) is 6.33. The Labute approximate surface area is 85.7 Å². The van der Waals surface area contributed by atoms with E-state index in [0.29, 0.717) is 0 Å². The molecule has 1 rings (SSSR count).